The molecule has 1 aliphatic rings. The maximum Gasteiger partial charge on any atom is 0.238 e. The Labute approximate surface area is 117 Å². The first-order valence-electron chi connectivity index (χ1n) is 6.13. The molecule has 1 aromatic carbocycles. The van der Waals surface area contributed by atoms with Gasteiger partial charge in [0.25, 0.3) is 0 Å². The lowest BCUT2D eigenvalue weighted by atomic mass is 10.1. The van der Waals surface area contributed by atoms with Crippen LogP contribution < -0.4 is 5.43 Å². The van der Waals surface area contributed by atoms with Gasteiger partial charge in [-0.05, 0) is 30.5 Å². The topological polar surface area (TPSA) is 32.3 Å². The van der Waals surface area contributed by atoms with Crippen molar-refractivity contribution < 1.29 is 4.79 Å². The van der Waals surface area contributed by atoms with Gasteiger partial charge in [0.1, 0.15) is 0 Å². The van der Waals surface area contributed by atoms with E-state index in [9.17, 15) is 4.79 Å². The molecule has 5 heteroatoms. The Morgan fingerprint density at radius 1 is 1.22 bits per heavy atom. The first-order chi connectivity index (χ1) is 8.65. The number of carbonyl (C=O) groups is 1. The van der Waals surface area contributed by atoms with Crippen molar-refractivity contribution in [3.05, 3.63) is 33.8 Å². The zero-order valence-electron chi connectivity index (χ0n) is 10.1. The highest BCUT2D eigenvalue weighted by Crippen LogP contribution is 2.21. The molecular weight excluding hydrogens is 271 g/mol. The zero-order chi connectivity index (χ0) is 13.0. The highest BCUT2D eigenvalue weighted by Gasteiger charge is 2.14. The second-order valence-electron chi connectivity index (χ2n) is 4.50. The fraction of sp³-hybridized carbons (Fsp3) is 0.462. The smallest absolute Gasteiger partial charge is 0.238 e. The maximum absolute atomic E-state index is 11.9. The number of hydrogen-bond acceptors (Lipinski definition) is 2. The molecule has 0 unspecified atom stereocenters. The van der Waals surface area contributed by atoms with E-state index in [0.29, 0.717) is 10.0 Å². The highest BCUT2D eigenvalue weighted by atomic mass is 35.5. The van der Waals surface area contributed by atoms with Crippen molar-refractivity contribution in [2.24, 2.45) is 0 Å². The minimum Gasteiger partial charge on any atom is -0.289 e. The quantitative estimate of drug-likeness (QED) is 0.926. The summed E-state index contributed by atoms with van der Waals surface area (Å²) in [6.07, 6.45) is 3.81. The molecule has 1 fully saturated rings. The van der Waals surface area contributed by atoms with E-state index in [1.54, 1.807) is 18.2 Å². The number of amides is 1. The van der Waals surface area contributed by atoms with E-state index in [-0.39, 0.29) is 12.3 Å². The number of nitrogens with one attached hydrogen (secondary N) is 1. The van der Waals surface area contributed by atoms with Gasteiger partial charge < -0.3 is 0 Å². The molecule has 18 heavy (non-hydrogen) atoms. The first-order valence-corrected chi connectivity index (χ1v) is 6.89. The van der Waals surface area contributed by atoms with Gasteiger partial charge in [-0.15, -0.1) is 0 Å². The number of carbonyl (C=O) groups excluding carboxylic acids is 1. The predicted octanol–water partition coefficient (Wildman–Crippen LogP) is 3.05. The van der Waals surface area contributed by atoms with Crippen LogP contribution in [0.3, 0.4) is 0 Å². The number of nitrogens with zero attached hydrogens (tertiary/aromatic N) is 1. The largest absolute Gasteiger partial charge is 0.289 e. The predicted molar refractivity (Wildman–Crippen MR) is 73.7 cm³/mol. The van der Waals surface area contributed by atoms with E-state index in [1.165, 1.54) is 6.42 Å². The summed E-state index contributed by atoms with van der Waals surface area (Å²) in [5.74, 6) is -0.0267. The highest BCUT2D eigenvalue weighted by molar-refractivity contribution is 6.35. The molecular formula is C13H16Cl2N2O. The molecule has 0 aliphatic carbocycles. The van der Waals surface area contributed by atoms with Gasteiger partial charge in [0.2, 0.25) is 5.91 Å². The molecule has 1 saturated heterocycles. The molecule has 0 saturated carbocycles. The van der Waals surface area contributed by atoms with Gasteiger partial charge in [-0.3, -0.25) is 10.2 Å². The molecule has 0 radical (unpaired) electrons. The van der Waals surface area contributed by atoms with E-state index < -0.39 is 0 Å². The fourth-order valence-electron chi connectivity index (χ4n) is 2.06. The Hall–Kier alpha value is -0.770. The number of benzene rings is 1. The van der Waals surface area contributed by atoms with E-state index in [0.717, 1.165) is 31.5 Å². The summed E-state index contributed by atoms with van der Waals surface area (Å²) >= 11 is 11.9. The Kier molecular flexibility index (Phi) is 4.87. The average molecular weight is 287 g/mol. The summed E-state index contributed by atoms with van der Waals surface area (Å²) in [6.45, 7) is 1.86. The third-order valence-electron chi connectivity index (χ3n) is 3.00. The summed E-state index contributed by atoms with van der Waals surface area (Å²) in [6, 6.07) is 5.20. The normalized spacial score (nSPS) is 16.6. The van der Waals surface area contributed by atoms with Crippen molar-refractivity contribution in [3.8, 4) is 0 Å². The standard InChI is InChI=1S/C13H16Cl2N2O/c14-11-5-4-10(12(15)9-11)8-13(18)16-17-6-2-1-3-7-17/h4-5,9H,1-3,6-8H2,(H,16,18). The van der Waals surface area contributed by atoms with Crippen molar-refractivity contribution in [2.75, 3.05) is 13.1 Å². The third-order valence-corrected chi connectivity index (χ3v) is 3.59. The molecule has 0 aromatic heterocycles. The Morgan fingerprint density at radius 2 is 1.94 bits per heavy atom. The Balaban J connectivity index is 1.90. The first kappa shape index (κ1) is 13.7. The molecule has 3 nitrogen and oxygen atoms in total. The summed E-state index contributed by atoms with van der Waals surface area (Å²) < 4.78 is 0. The fourth-order valence-corrected chi connectivity index (χ4v) is 2.53. The Bertz CT molecular complexity index is 431. The van der Waals surface area contributed by atoms with Crippen LogP contribution in [-0.4, -0.2) is 24.0 Å². The summed E-state index contributed by atoms with van der Waals surface area (Å²) in [5.41, 5.74) is 3.71. The van der Waals surface area contributed by atoms with Gasteiger partial charge in [-0.1, -0.05) is 35.7 Å². The van der Waals surface area contributed by atoms with Gasteiger partial charge in [0.05, 0.1) is 6.42 Å². The van der Waals surface area contributed by atoms with Crippen LogP contribution in [-0.2, 0) is 11.2 Å². The number of rotatable bonds is 3. The summed E-state index contributed by atoms with van der Waals surface area (Å²) in [5, 5.41) is 3.10. The molecule has 0 spiro atoms. The van der Waals surface area contributed by atoms with Crippen molar-refractivity contribution in [2.45, 2.75) is 25.7 Å². The molecule has 0 bridgehead atoms. The molecule has 1 heterocycles. The van der Waals surface area contributed by atoms with E-state index in [1.807, 2.05) is 5.01 Å². The van der Waals surface area contributed by atoms with E-state index >= 15 is 0 Å². The van der Waals surface area contributed by atoms with E-state index in [2.05, 4.69) is 5.43 Å². The molecule has 1 aromatic rings. The van der Waals surface area contributed by atoms with E-state index in [4.69, 9.17) is 23.2 Å². The molecule has 1 aliphatic heterocycles. The van der Waals surface area contributed by atoms with Gasteiger partial charge in [-0.2, -0.15) is 0 Å². The van der Waals surface area contributed by atoms with Gasteiger partial charge in [0.15, 0.2) is 0 Å². The third kappa shape index (κ3) is 3.87. The molecule has 98 valence electrons. The lowest BCUT2D eigenvalue weighted by Gasteiger charge is -2.26. The lowest BCUT2D eigenvalue weighted by Crippen LogP contribution is -2.45. The minimum absolute atomic E-state index is 0.0267. The van der Waals surface area contributed by atoms with Crippen molar-refractivity contribution >= 4 is 29.1 Å². The Morgan fingerprint density at radius 3 is 2.61 bits per heavy atom. The van der Waals surface area contributed by atoms with Crippen LogP contribution >= 0.6 is 23.2 Å². The number of halogens is 2. The van der Waals surface area contributed by atoms with Crippen molar-refractivity contribution in [1.82, 2.24) is 10.4 Å². The summed E-state index contributed by atoms with van der Waals surface area (Å²) in [7, 11) is 0. The van der Waals surface area contributed by atoms with Crippen LogP contribution in [0, 0.1) is 0 Å². The molecule has 1 amide bonds. The average Bonchev–Trinajstić information content (AvgIpc) is 2.34. The van der Waals surface area contributed by atoms with Crippen molar-refractivity contribution in [3.63, 3.8) is 0 Å². The number of hydrazine groups is 1. The van der Waals surface area contributed by atoms with Crippen LogP contribution in [0.15, 0.2) is 18.2 Å². The van der Waals surface area contributed by atoms with Crippen LogP contribution in [0.5, 0.6) is 0 Å². The second kappa shape index (κ2) is 6.41. The van der Waals surface area contributed by atoms with Crippen LogP contribution in [0.4, 0.5) is 0 Å². The minimum atomic E-state index is -0.0267. The lowest BCUT2D eigenvalue weighted by molar-refractivity contribution is -0.125. The SMILES string of the molecule is O=C(Cc1ccc(Cl)cc1Cl)NN1CCCCC1. The van der Waals surface area contributed by atoms with Crippen molar-refractivity contribution in [1.29, 1.82) is 0 Å². The monoisotopic (exact) mass is 286 g/mol. The second-order valence-corrected chi connectivity index (χ2v) is 5.34. The molecule has 1 N–H and O–H groups in total. The summed E-state index contributed by atoms with van der Waals surface area (Å²) in [4.78, 5) is 11.9. The van der Waals surface area contributed by atoms with Crippen LogP contribution in [0.25, 0.3) is 0 Å². The van der Waals surface area contributed by atoms with Crippen LogP contribution in [0.2, 0.25) is 10.0 Å². The van der Waals surface area contributed by atoms with Crippen LogP contribution in [0.1, 0.15) is 24.8 Å². The molecule has 0 atom stereocenters. The van der Waals surface area contributed by atoms with Gasteiger partial charge in [0, 0.05) is 23.1 Å². The molecule has 2 rings (SSSR count). The number of piperidine rings is 1. The maximum atomic E-state index is 11.9. The van der Waals surface area contributed by atoms with Gasteiger partial charge >= 0.3 is 0 Å². The van der Waals surface area contributed by atoms with Gasteiger partial charge in [-0.25, -0.2) is 5.01 Å². The number of hydrogen-bond donors (Lipinski definition) is 1. The zero-order valence-corrected chi connectivity index (χ0v) is 11.6.